The molecule has 0 saturated carbocycles. The summed E-state index contributed by atoms with van der Waals surface area (Å²) in [7, 11) is 0. The lowest BCUT2D eigenvalue weighted by atomic mass is 10.2. The predicted octanol–water partition coefficient (Wildman–Crippen LogP) is 3.29. The summed E-state index contributed by atoms with van der Waals surface area (Å²) in [4.78, 5) is 8.08. The molecule has 0 aliphatic heterocycles. The number of nitrogens with zero attached hydrogens (tertiary/aromatic N) is 2. The van der Waals surface area contributed by atoms with Gasteiger partial charge in [0.15, 0.2) is 0 Å². The second kappa shape index (κ2) is 4.40. The minimum Gasteiger partial charge on any atom is -0.353 e. The minimum atomic E-state index is 0.938. The Morgan fingerprint density at radius 2 is 1.80 bits per heavy atom. The maximum atomic E-state index is 4.08. The lowest BCUT2D eigenvalue weighted by Crippen LogP contribution is -1.94. The van der Waals surface area contributed by atoms with E-state index in [0.29, 0.717) is 0 Å². The lowest BCUT2D eigenvalue weighted by molar-refractivity contribution is 1.26. The van der Waals surface area contributed by atoms with Gasteiger partial charge in [0, 0.05) is 18.6 Å². The van der Waals surface area contributed by atoms with E-state index >= 15 is 0 Å². The SMILES string of the molecule is Cc1ccncc1Nc1ccncc1Br. The number of halogens is 1. The average Bonchev–Trinajstić information content (AvgIpc) is 2.24. The van der Waals surface area contributed by atoms with E-state index in [1.807, 2.05) is 25.3 Å². The minimum absolute atomic E-state index is 0.938. The van der Waals surface area contributed by atoms with Gasteiger partial charge in [0.25, 0.3) is 0 Å². The van der Waals surface area contributed by atoms with Gasteiger partial charge in [0.1, 0.15) is 0 Å². The maximum Gasteiger partial charge on any atom is 0.0600 e. The van der Waals surface area contributed by atoms with Crippen LogP contribution in [0.2, 0.25) is 0 Å². The summed E-state index contributed by atoms with van der Waals surface area (Å²) < 4.78 is 0.938. The van der Waals surface area contributed by atoms with Gasteiger partial charge in [-0.15, -0.1) is 0 Å². The first-order chi connectivity index (χ1) is 7.27. The van der Waals surface area contributed by atoms with Crippen LogP contribution in [0.5, 0.6) is 0 Å². The normalized spacial score (nSPS) is 10.0. The molecule has 0 unspecified atom stereocenters. The molecule has 2 aromatic rings. The van der Waals surface area contributed by atoms with Crippen molar-refractivity contribution in [3.63, 3.8) is 0 Å². The third kappa shape index (κ3) is 2.33. The summed E-state index contributed by atoms with van der Waals surface area (Å²) in [5, 5.41) is 3.29. The van der Waals surface area contributed by atoms with Gasteiger partial charge in [-0.25, -0.2) is 0 Å². The van der Waals surface area contributed by atoms with Crippen LogP contribution < -0.4 is 5.32 Å². The second-order valence-electron chi connectivity index (χ2n) is 3.17. The third-order valence-electron chi connectivity index (χ3n) is 2.08. The molecule has 0 radical (unpaired) electrons. The first kappa shape index (κ1) is 10.1. The highest BCUT2D eigenvalue weighted by molar-refractivity contribution is 9.10. The zero-order valence-corrected chi connectivity index (χ0v) is 9.82. The number of hydrogen-bond donors (Lipinski definition) is 1. The third-order valence-corrected chi connectivity index (χ3v) is 2.71. The predicted molar refractivity (Wildman–Crippen MR) is 64.2 cm³/mol. The standard InChI is InChI=1S/C11H10BrN3/c1-8-2-4-14-7-11(8)15-10-3-5-13-6-9(10)12/h2-7H,1H3,(H,13,15). The highest BCUT2D eigenvalue weighted by Gasteiger charge is 2.01. The highest BCUT2D eigenvalue weighted by atomic mass is 79.9. The fourth-order valence-corrected chi connectivity index (χ4v) is 1.57. The molecule has 0 spiro atoms. The molecule has 1 N–H and O–H groups in total. The zero-order valence-electron chi connectivity index (χ0n) is 8.24. The Hall–Kier alpha value is -1.42. The number of pyridine rings is 2. The highest BCUT2D eigenvalue weighted by Crippen LogP contribution is 2.25. The summed E-state index contributed by atoms with van der Waals surface area (Å²) in [5.41, 5.74) is 3.15. The number of hydrogen-bond acceptors (Lipinski definition) is 3. The number of anilines is 2. The van der Waals surface area contributed by atoms with Crippen molar-refractivity contribution in [3.05, 3.63) is 47.0 Å². The van der Waals surface area contributed by atoms with E-state index in [2.05, 4.69) is 31.2 Å². The Labute approximate surface area is 96.7 Å². The zero-order chi connectivity index (χ0) is 10.7. The molecule has 15 heavy (non-hydrogen) atoms. The van der Waals surface area contributed by atoms with Crippen LogP contribution in [0.3, 0.4) is 0 Å². The van der Waals surface area contributed by atoms with Gasteiger partial charge in [0.05, 0.1) is 22.0 Å². The fourth-order valence-electron chi connectivity index (χ4n) is 1.22. The molecule has 4 heteroatoms. The summed E-state index contributed by atoms with van der Waals surface area (Å²) in [6.07, 6.45) is 7.09. The van der Waals surface area contributed by atoms with Crippen LogP contribution in [0, 0.1) is 6.92 Å². The van der Waals surface area contributed by atoms with E-state index in [1.165, 1.54) is 0 Å². The van der Waals surface area contributed by atoms with Crippen LogP contribution in [0.1, 0.15) is 5.56 Å². The van der Waals surface area contributed by atoms with Crippen LogP contribution in [0.4, 0.5) is 11.4 Å². The van der Waals surface area contributed by atoms with Crippen molar-refractivity contribution in [2.45, 2.75) is 6.92 Å². The number of aromatic nitrogens is 2. The lowest BCUT2D eigenvalue weighted by Gasteiger charge is -2.09. The van der Waals surface area contributed by atoms with E-state index < -0.39 is 0 Å². The van der Waals surface area contributed by atoms with E-state index in [1.54, 1.807) is 18.6 Å². The Bertz CT molecular complexity index is 427. The molecule has 0 amide bonds. The molecule has 2 rings (SSSR count). The topological polar surface area (TPSA) is 37.8 Å². The van der Waals surface area contributed by atoms with Crippen LogP contribution in [-0.4, -0.2) is 9.97 Å². The fraction of sp³-hybridized carbons (Fsp3) is 0.0909. The molecule has 2 aromatic heterocycles. The van der Waals surface area contributed by atoms with Crippen LogP contribution >= 0.6 is 15.9 Å². The van der Waals surface area contributed by atoms with E-state index in [-0.39, 0.29) is 0 Å². The maximum absolute atomic E-state index is 4.08. The molecule has 0 aliphatic carbocycles. The van der Waals surface area contributed by atoms with Crippen molar-refractivity contribution in [1.82, 2.24) is 9.97 Å². The average molecular weight is 264 g/mol. The number of aryl methyl sites for hydroxylation is 1. The van der Waals surface area contributed by atoms with Crippen LogP contribution in [0.25, 0.3) is 0 Å². The van der Waals surface area contributed by atoms with Gasteiger partial charge in [0.2, 0.25) is 0 Å². The molecule has 0 atom stereocenters. The molecule has 0 bridgehead atoms. The van der Waals surface area contributed by atoms with Gasteiger partial charge in [-0.05, 0) is 40.5 Å². The smallest absolute Gasteiger partial charge is 0.0600 e. The van der Waals surface area contributed by atoms with Crippen molar-refractivity contribution in [2.24, 2.45) is 0 Å². The first-order valence-corrected chi connectivity index (χ1v) is 5.34. The van der Waals surface area contributed by atoms with Crippen LogP contribution in [0.15, 0.2) is 41.4 Å². The van der Waals surface area contributed by atoms with E-state index in [9.17, 15) is 0 Å². The van der Waals surface area contributed by atoms with Gasteiger partial charge in [-0.2, -0.15) is 0 Å². The molecule has 2 heterocycles. The molecule has 0 aliphatic rings. The summed E-state index contributed by atoms with van der Waals surface area (Å²) >= 11 is 3.43. The van der Waals surface area contributed by atoms with Gasteiger partial charge in [-0.1, -0.05) is 0 Å². The van der Waals surface area contributed by atoms with Crippen LogP contribution in [-0.2, 0) is 0 Å². The van der Waals surface area contributed by atoms with E-state index in [4.69, 9.17) is 0 Å². The molecule has 0 fully saturated rings. The molecule has 0 saturated heterocycles. The van der Waals surface area contributed by atoms with Crippen molar-refractivity contribution in [2.75, 3.05) is 5.32 Å². The number of rotatable bonds is 2. The van der Waals surface area contributed by atoms with Gasteiger partial charge >= 0.3 is 0 Å². The van der Waals surface area contributed by atoms with Crippen molar-refractivity contribution in [1.29, 1.82) is 0 Å². The van der Waals surface area contributed by atoms with Gasteiger partial charge < -0.3 is 5.32 Å². The van der Waals surface area contributed by atoms with E-state index in [0.717, 1.165) is 21.4 Å². The van der Waals surface area contributed by atoms with Crippen molar-refractivity contribution >= 4 is 27.3 Å². The monoisotopic (exact) mass is 263 g/mol. The second-order valence-corrected chi connectivity index (χ2v) is 4.03. The first-order valence-electron chi connectivity index (χ1n) is 4.54. The van der Waals surface area contributed by atoms with Crippen molar-refractivity contribution in [3.8, 4) is 0 Å². The Kier molecular flexibility index (Phi) is 2.97. The quantitative estimate of drug-likeness (QED) is 0.904. The number of nitrogens with one attached hydrogen (secondary N) is 1. The summed E-state index contributed by atoms with van der Waals surface area (Å²) in [6, 6.07) is 3.88. The molecule has 0 aromatic carbocycles. The Morgan fingerprint density at radius 3 is 2.53 bits per heavy atom. The molecule has 76 valence electrons. The summed E-state index contributed by atoms with van der Waals surface area (Å²) in [5.74, 6) is 0. The molecular weight excluding hydrogens is 254 g/mol. The van der Waals surface area contributed by atoms with Crippen molar-refractivity contribution < 1.29 is 0 Å². The Morgan fingerprint density at radius 1 is 1.07 bits per heavy atom. The largest absolute Gasteiger partial charge is 0.353 e. The summed E-state index contributed by atoms with van der Waals surface area (Å²) in [6.45, 7) is 2.04. The molecular formula is C11H10BrN3. The van der Waals surface area contributed by atoms with Gasteiger partial charge in [-0.3, -0.25) is 9.97 Å². The molecule has 3 nitrogen and oxygen atoms in total. The Balaban J connectivity index is 2.30.